The molecule has 0 radical (unpaired) electrons. The van der Waals surface area contributed by atoms with Crippen LogP contribution in [-0.2, 0) is 0 Å². The minimum Gasteiger partial charge on any atom is -0.496 e. The third-order valence-electron chi connectivity index (χ3n) is 2.83. The van der Waals surface area contributed by atoms with Crippen molar-refractivity contribution in [3.63, 3.8) is 0 Å². The molecule has 0 saturated heterocycles. The van der Waals surface area contributed by atoms with Crippen LogP contribution < -0.4 is 10.5 Å². The fourth-order valence-electron chi connectivity index (χ4n) is 1.90. The minimum absolute atomic E-state index is 0.220. The van der Waals surface area contributed by atoms with Gasteiger partial charge in [0.05, 0.1) is 19.4 Å². The van der Waals surface area contributed by atoms with Gasteiger partial charge in [0.2, 0.25) is 0 Å². The van der Waals surface area contributed by atoms with E-state index >= 15 is 0 Å². The molecule has 0 aliphatic carbocycles. The number of rotatable bonds is 3. The van der Waals surface area contributed by atoms with E-state index in [1.807, 2.05) is 38.1 Å². The Morgan fingerprint density at radius 3 is 2.59 bits per heavy atom. The molecular weight excluding hydrogens is 214 g/mol. The number of aryl methyl sites for hydroxylation is 2. The van der Waals surface area contributed by atoms with Crippen LogP contribution in [0, 0.1) is 13.8 Å². The van der Waals surface area contributed by atoms with Crippen LogP contribution in [0.25, 0.3) is 0 Å². The maximum atomic E-state index is 6.23. The fraction of sp³-hybridized carbons (Fsp3) is 0.286. The zero-order valence-electron chi connectivity index (χ0n) is 10.4. The predicted molar refractivity (Wildman–Crippen MR) is 67.2 cm³/mol. The van der Waals surface area contributed by atoms with Crippen molar-refractivity contribution in [2.45, 2.75) is 19.9 Å². The van der Waals surface area contributed by atoms with Gasteiger partial charge in [0.25, 0.3) is 0 Å². The lowest BCUT2D eigenvalue weighted by atomic mass is 9.99. The molecule has 1 atom stereocenters. The van der Waals surface area contributed by atoms with E-state index in [1.54, 1.807) is 13.4 Å². The molecule has 90 valence electrons. The molecule has 0 amide bonds. The van der Waals surface area contributed by atoms with Gasteiger partial charge in [0.1, 0.15) is 11.5 Å². The lowest BCUT2D eigenvalue weighted by molar-refractivity contribution is 0.407. The summed E-state index contributed by atoms with van der Waals surface area (Å²) in [7, 11) is 1.65. The van der Waals surface area contributed by atoms with E-state index in [1.165, 1.54) is 0 Å². The molecular formula is C14H17NO2. The Kier molecular flexibility index (Phi) is 3.20. The Hall–Kier alpha value is -1.74. The molecule has 0 aliphatic rings. The molecule has 0 saturated carbocycles. The number of hydrogen-bond donors (Lipinski definition) is 1. The summed E-state index contributed by atoms with van der Waals surface area (Å²) in [6.45, 7) is 3.94. The molecule has 0 bridgehead atoms. The second-order valence-corrected chi connectivity index (χ2v) is 4.21. The van der Waals surface area contributed by atoms with Crippen LogP contribution in [-0.4, -0.2) is 7.11 Å². The van der Waals surface area contributed by atoms with E-state index in [9.17, 15) is 0 Å². The Labute approximate surface area is 101 Å². The van der Waals surface area contributed by atoms with Gasteiger partial charge in [-0.15, -0.1) is 0 Å². The smallest absolute Gasteiger partial charge is 0.123 e. The Morgan fingerprint density at radius 1 is 1.24 bits per heavy atom. The maximum absolute atomic E-state index is 6.23. The minimum atomic E-state index is -0.220. The maximum Gasteiger partial charge on any atom is 0.123 e. The van der Waals surface area contributed by atoms with E-state index in [2.05, 4.69) is 0 Å². The number of hydrogen-bond acceptors (Lipinski definition) is 3. The topological polar surface area (TPSA) is 48.4 Å². The zero-order chi connectivity index (χ0) is 12.4. The molecule has 0 aliphatic heterocycles. The molecule has 0 spiro atoms. The van der Waals surface area contributed by atoms with Crippen molar-refractivity contribution in [1.82, 2.24) is 0 Å². The molecule has 2 rings (SSSR count). The highest BCUT2D eigenvalue weighted by Crippen LogP contribution is 2.29. The number of methoxy groups -OCH3 is 1. The lowest BCUT2D eigenvalue weighted by Gasteiger charge is -2.15. The quantitative estimate of drug-likeness (QED) is 0.883. The van der Waals surface area contributed by atoms with Crippen molar-refractivity contribution in [3.8, 4) is 5.75 Å². The monoisotopic (exact) mass is 231 g/mol. The summed E-state index contributed by atoms with van der Waals surface area (Å²) in [5.41, 5.74) is 9.34. The normalized spacial score (nSPS) is 12.5. The molecule has 1 heterocycles. The summed E-state index contributed by atoms with van der Waals surface area (Å²) in [5.74, 6) is 1.67. The van der Waals surface area contributed by atoms with E-state index in [4.69, 9.17) is 14.9 Å². The highest BCUT2D eigenvalue weighted by Gasteiger charge is 2.15. The van der Waals surface area contributed by atoms with Crippen LogP contribution in [0.5, 0.6) is 5.75 Å². The molecule has 3 nitrogen and oxygen atoms in total. The van der Waals surface area contributed by atoms with Gasteiger partial charge >= 0.3 is 0 Å². The van der Waals surface area contributed by atoms with Crippen molar-refractivity contribution in [3.05, 3.63) is 53.0 Å². The molecule has 2 N–H and O–H groups in total. The Bertz CT molecular complexity index is 517. The highest BCUT2D eigenvalue weighted by atomic mass is 16.5. The van der Waals surface area contributed by atoms with Gasteiger partial charge in [-0.1, -0.05) is 17.7 Å². The third-order valence-corrected chi connectivity index (χ3v) is 2.83. The second-order valence-electron chi connectivity index (χ2n) is 4.21. The van der Waals surface area contributed by atoms with Gasteiger partial charge in [0.15, 0.2) is 0 Å². The lowest BCUT2D eigenvalue weighted by Crippen LogP contribution is -2.12. The van der Waals surface area contributed by atoms with Crippen molar-refractivity contribution in [1.29, 1.82) is 0 Å². The van der Waals surface area contributed by atoms with Gasteiger partial charge in [0, 0.05) is 11.1 Å². The second kappa shape index (κ2) is 4.63. The molecule has 3 heteroatoms. The van der Waals surface area contributed by atoms with Crippen molar-refractivity contribution >= 4 is 0 Å². The first-order valence-electron chi connectivity index (χ1n) is 5.57. The average Bonchev–Trinajstić information content (AvgIpc) is 2.75. The zero-order valence-corrected chi connectivity index (χ0v) is 10.4. The van der Waals surface area contributed by atoms with Crippen LogP contribution >= 0.6 is 0 Å². The average molecular weight is 231 g/mol. The van der Waals surface area contributed by atoms with Crippen LogP contribution in [0.2, 0.25) is 0 Å². The molecule has 17 heavy (non-hydrogen) atoms. The van der Waals surface area contributed by atoms with E-state index in [0.29, 0.717) is 0 Å². The van der Waals surface area contributed by atoms with E-state index in [0.717, 1.165) is 28.2 Å². The number of benzene rings is 1. The third kappa shape index (κ3) is 2.34. The van der Waals surface area contributed by atoms with Gasteiger partial charge in [-0.05, 0) is 26.0 Å². The molecule has 0 fully saturated rings. The summed E-state index contributed by atoms with van der Waals surface area (Å²) in [6.07, 6.45) is 1.70. The summed E-state index contributed by atoms with van der Waals surface area (Å²) in [6, 6.07) is 7.73. The van der Waals surface area contributed by atoms with Crippen LogP contribution in [0.1, 0.15) is 28.5 Å². The van der Waals surface area contributed by atoms with E-state index in [-0.39, 0.29) is 6.04 Å². The van der Waals surface area contributed by atoms with E-state index < -0.39 is 0 Å². The van der Waals surface area contributed by atoms with Crippen LogP contribution in [0.15, 0.2) is 34.9 Å². The summed E-state index contributed by atoms with van der Waals surface area (Å²) < 4.78 is 10.6. The van der Waals surface area contributed by atoms with Gasteiger partial charge in [-0.2, -0.15) is 0 Å². The molecule has 1 aromatic heterocycles. The standard InChI is InChI=1S/C14H17NO2/c1-9-4-5-13(16-3)12(6-9)14(15)11-7-10(2)17-8-11/h4-8,14H,15H2,1-3H3. The summed E-state index contributed by atoms with van der Waals surface area (Å²) in [5, 5.41) is 0. The first-order chi connectivity index (χ1) is 8.11. The van der Waals surface area contributed by atoms with Crippen molar-refractivity contribution < 1.29 is 9.15 Å². The van der Waals surface area contributed by atoms with Crippen LogP contribution in [0.4, 0.5) is 0 Å². The number of furan rings is 1. The molecule has 1 unspecified atom stereocenters. The van der Waals surface area contributed by atoms with Crippen molar-refractivity contribution in [2.24, 2.45) is 5.73 Å². The fourth-order valence-corrected chi connectivity index (χ4v) is 1.90. The first kappa shape index (κ1) is 11.7. The van der Waals surface area contributed by atoms with Gasteiger partial charge in [-0.25, -0.2) is 0 Å². The van der Waals surface area contributed by atoms with Crippen LogP contribution in [0.3, 0.4) is 0 Å². The van der Waals surface area contributed by atoms with Gasteiger partial charge < -0.3 is 14.9 Å². The van der Waals surface area contributed by atoms with Gasteiger partial charge in [-0.3, -0.25) is 0 Å². The molecule has 1 aromatic carbocycles. The number of ether oxygens (including phenoxy) is 1. The summed E-state index contributed by atoms with van der Waals surface area (Å²) in [4.78, 5) is 0. The largest absolute Gasteiger partial charge is 0.496 e. The number of nitrogens with two attached hydrogens (primary N) is 1. The Balaban J connectivity index is 2.42. The first-order valence-corrected chi connectivity index (χ1v) is 5.57. The highest BCUT2D eigenvalue weighted by molar-refractivity contribution is 5.43. The predicted octanol–water partition coefficient (Wildman–Crippen LogP) is 2.95. The SMILES string of the molecule is COc1ccc(C)cc1C(N)c1coc(C)c1. The molecule has 2 aromatic rings. The summed E-state index contributed by atoms with van der Waals surface area (Å²) >= 11 is 0. The Morgan fingerprint density at radius 2 is 2.00 bits per heavy atom. The van der Waals surface area contributed by atoms with Crippen molar-refractivity contribution in [2.75, 3.05) is 7.11 Å².